The molecule has 0 saturated heterocycles. The highest BCUT2D eigenvalue weighted by Gasteiger charge is 2.48. The average Bonchev–Trinajstić information content (AvgIpc) is 2.44. The maximum Gasteiger partial charge on any atom is 0.450 e. The van der Waals surface area contributed by atoms with Gasteiger partial charge in [0.1, 0.15) is 0 Å². The van der Waals surface area contributed by atoms with Crippen LogP contribution in [0.1, 0.15) is 32.3 Å². The van der Waals surface area contributed by atoms with Crippen LogP contribution in [0.4, 0.5) is 17.6 Å². The molecule has 0 aliphatic rings. The molecule has 0 fully saturated rings. The molecule has 0 aliphatic carbocycles. The number of nitrogens with two attached hydrogens (primary N) is 1. The average molecular weight is 432 g/mol. The van der Waals surface area contributed by atoms with Gasteiger partial charge in [-0.3, -0.25) is 14.3 Å². The molecule has 0 bridgehead atoms. The minimum Gasteiger partial charge on any atom is -0.290 e. The van der Waals surface area contributed by atoms with Crippen LogP contribution in [0.25, 0.3) is 0 Å². The van der Waals surface area contributed by atoms with E-state index >= 15 is 0 Å². The highest BCUT2D eigenvalue weighted by Crippen LogP contribution is 2.41. The van der Waals surface area contributed by atoms with Crippen molar-refractivity contribution in [2.24, 2.45) is 5.14 Å². The maximum absolute atomic E-state index is 14.0. The van der Waals surface area contributed by atoms with Gasteiger partial charge in [-0.25, -0.2) is 4.21 Å². The number of hydrogen-bond acceptors (Lipinski definition) is 2. The molecule has 0 spiro atoms. The molecule has 24 heavy (non-hydrogen) atoms. The lowest BCUT2D eigenvalue weighted by Gasteiger charge is -2.37. The van der Waals surface area contributed by atoms with Gasteiger partial charge in [0.25, 0.3) is 0 Å². The molecule has 1 aromatic carbocycles. The summed E-state index contributed by atoms with van der Waals surface area (Å²) in [6.07, 6.45) is -6.43. The number of ketones is 1. The summed E-state index contributed by atoms with van der Waals surface area (Å²) < 4.78 is 63.2. The van der Waals surface area contributed by atoms with Crippen molar-refractivity contribution in [1.82, 2.24) is 0 Å². The second-order valence-corrected chi connectivity index (χ2v) is 8.87. The molecule has 3 nitrogen and oxygen atoms in total. The van der Waals surface area contributed by atoms with Crippen LogP contribution in [0.2, 0.25) is 0 Å². The van der Waals surface area contributed by atoms with E-state index in [4.69, 9.17) is 5.14 Å². The number of carbonyl (C=O) groups excluding carboxylic acids is 1. The zero-order valence-corrected chi connectivity index (χ0v) is 15.5. The van der Waals surface area contributed by atoms with E-state index in [1.54, 1.807) is 6.07 Å². The van der Waals surface area contributed by atoms with Crippen LogP contribution in [0, 0.1) is 0 Å². The van der Waals surface area contributed by atoms with Crippen LogP contribution in [0.3, 0.4) is 0 Å². The monoisotopic (exact) mass is 431 g/mol. The third-order valence-electron chi connectivity index (χ3n) is 3.82. The fraction of sp³-hybridized carbons (Fsp3) is 0.533. The molecule has 0 saturated carbocycles. The molecule has 0 radical (unpaired) electrons. The number of rotatable bonds is 7. The molecule has 0 aromatic heterocycles. The van der Waals surface area contributed by atoms with E-state index in [2.05, 4.69) is 15.9 Å². The Bertz CT molecular complexity index is 636. The van der Waals surface area contributed by atoms with Gasteiger partial charge in [0, 0.05) is 16.3 Å². The van der Waals surface area contributed by atoms with E-state index in [-0.39, 0.29) is 12.0 Å². The summed E-state index contributed by atoms with van der Waals surface area (Å²) in [6.45, 7) is 1.71. The van der Waals surface area contributed by atoms with Crippen LogP contribution in [0.5, 0.6) is 0 Å². The third kappa shape index (κ3) is 5.10. The van der Waals surface area contributed by atoms with Gasteiger partial charge in [0.2, 0.25) is 5.78 Å². The Balaban J connectivity index is 3.43. The highest BCUT2D eigenvalue weighted by atomic mass is 79.9. The first-order valence-corrected chi connectivity index (χ1v) is 8.93. The van der Waals surface area contributed by atoms with Gasteiger partial charge in [0.05, 0.1) is 22.4 Å². The summed E-state index contributed by atoms with van der Waals surface area (Å²) >= 11 is 3.18. The van der Waals surface area contributed by atoms with E-state index in [9.17, 15) is 26.6 Å². The van der Waals surface area contributed by atoms with Gasteiger partial charge in [-0.1, -0.05) is 28.1 Å². The van der Waals surface area contributed by atoms with Crippen molar-refractivity contribution in [3.63, 3.8) is 0 Å². The number of hydrogen-bond donors (Lipinski definition) is 1. The Morgan fingerprint density at radius 1 is 1.29 bits per heavy atom. The van der Waals surface area contributed by atoms with E-state index in [1.807, 2.05) is 0 Å². The van der Waals surface area contributed by atoms with Crippen molar-refractivity contribution in [2.75, 3.05) is 6.67 Å². The molecule has 1 rings (SSSR count). The Labute approximate surface area is 148 Å². The van der Waals surface area contributed by atoms with Gasteiger partial charge in [-0.05, 0) is 38.0 Å². The summed E-state index contributed by atoms with van der Waals surface area (Å²) in [6, 6.07) is 6.07. The summed E-state index contributed by atoms with van der Waals surface area (Å²) in [5.74, 6) is -2.03. The zero-order chi connectivity index (χ0) is 18.8. The highest BCUT2D eigenvalue weighted by molar-refractivity contribution is 9.10. The van der Waals surface area contributed by atoms with Crippen molar-refractivity contribution in [3.8, 4) is 0 Å². The minimum atomic E-state index is -5.07. The van der Waals surface area contributed by atoms with Crippen LogP contribution < -0.4 is 5.14 Å². The number of benzene rings is 1. The molecule has 0 aliphatic heterocycles. The van der Waals surface area contributed by atoms with Crippen molar-refractivity contribution < 1.29 is 26.6 Å². The van der Waals surface area contributed by atoms with Crippen molar-refractivity contribution in [2.45, 2.75) is 43.0 Å². The lowest BCUT2D eigenvalue weighted by atomic mass is 9.71. The largest absolute Gasteiger partial charge is 0.450 e. The maximum atomic E-state index is 14.0. The van der Waals surface area contributed by atoms with Crippen molar-refractivity contribution in [3.05, 3.63) is 34.3 Å². The van der Waals surface area contributed by atoms with E-state index in [0.29, 0.717) is 4.47 Å². The minimum absolute atomic E-state index is 0.218. The summed E-state index contributed by atoms with van der Waals surface area (Å²) in [5, 5.41) is 5.39. The Hall–Kier alpha value is -0.800. The summed E-state index contributed by atoms with van der Waals surface area (Å²) in [7, 11) is -1.91. The molecule has 2 N–H and O–H groups in total. The summed E-state index contributed by atoms with van der Waals surface area (Å²) in [5.41, 5.74) is -1.55. The van der Waals surface area contributed by atoms with Gasteiger partial charge in [0.15, 0.2) is 0 Å². The molecular formula is C15H18BrF4NO2S. The number of carbonyl (C=O) groups is 1. The Kier molecular flexibility index (Phi) is 6.74. The fourth-order valence-corrected chi connectivity index (χ4v) is 3.37. The lowest BCUT2D eigenvalue weighted by Crippen LogP contribution is -2.45. The molecule has 2 atom stereocenters. The molecule has 1 aromatic rings. The Morgan fingerprint density at radius 3 is 2.29 bits per heavy atom. The van der Waals surface area contributed by atoms with Gasteiger partial charge in [-0.15, -0.1) is 0 Å². The van der Waals surface area contributed by atoms with Crippen LogP contribution >= 0.6 is 15.9 Å². The van der Waals surface area contributed by atoms with Crippen molar-refractivity contribution >= 4 is 32.7 Å². The third-order valence-corrected chi connectivity index (χ3v) is 5.54. The Morgan fingerprint density at radius 2 is 1.88 bits per heavy atom. The quantitative estimate of drug-likeness (QED) is 0.663. The first kappa shape index (κ1) is 21.2. The second kappa shape index (κ2) is 7.61. The first-order chi connectivity index (χ1) is 10.8. The van der Waals surface area contributed by atoms with Crippen LogP contribution in [-0.4, -0.2) is 27.6 Å². The van der Waals surface area contributed by atoms with E-state index in [1.165, 1.54) is 32.0 Å². The fourth-order valence-electron chi connectivity index (χ4n) is 2.55. The molecular weight excluding hydrogens is 414 g/mol. The smallest absolute Gasteiger partial charge is 0.290 e. The second-order valence-electron chi connectivity index (χ2n) is 6.26. The molecule has 9 heteroatoms. The molecule has 0 amide bonds. The molecule has 1 unspecified atom stereocenters. The van der Waals surface area contributed by atoms with E-state index < -0.39 is 46.2 Å². The predicted molar refractivity (Wildman–Crippen MR) is 88.5 cm³/mol. The van der Waals surface area contributed by atoms with Gasteiger partial charge in [-0.2, -0.15) is 13.2 Å². The van der Waals surface area contributed by atoms with Gasteiger partial charge < -0.3 is 0 Å². The van der Waals surface area contributed by atoms with Crippen LogP contribution in [0.15, 0.2) is 28.7 Å². The topological polar surface area (TPSA) is 60.2 Å². The zero-order valence-electron chi connectivity index (χ0n) is 13.1. The van der Waals surface area contributed by atoms with E-state index in [0.717, 1.165) is 0 Å². The normalized spacial score (nSPS) is 16.5. The lowest BCUT2D eigenvalue weighted by molar-refractivity contribution is -0.172. The summed E-state index contributed by atoms with van der Waals surface area (Å²) in [4.78, 5) is 11.5. The number of Topliss-reactive ketones (excluding diaryl/α,β-unsaturated/α-hetero) is 1. The van der Waals surface area contributed by atoms with Crippen LogP contribution in [-0.2, 0) is 21.2 Å². The first-order valence-electron chi connectivity index (χ1n) is 6.92. The SMILES string of the molecule is CC(C)(C[C@@](CF)(CC(=O)C(F)(F)F)c1cccc(Br)c1)S(N)=O. The predicted octanol–water partition coefficient (Wildman–Crippen LogP) is 3.97. The molecule has 0 heterocycles. The standard InChI is InChI=1S/C15H18BrF4NO2S/c1-13(2,24(21)23)8-14(9-17,7-12(22)15(18,19)20)10-4-3-5-11(16)6-10/h3-6H,7-9,21H2,1-2H3/t14-,24?/m1/s1. The van der Waals surface area contributed by atoms with Gasteiger partial charge >= 0.3 is 6.18 Å². The molecule has 136 valence electrons. The van der Waals surface area contributed by atoms with Crippen molar-refractivity contribution in [1.29, 1.82) is 0 Å². The number of alkyl halides is 4. The number of halogens is 5.